The van der Waals surface area contributed by atoms with Gasteiger partial charge in [-0.2, -0.15) is 0 Å². The van der Waals surface area contributed by atoms with Gasteiger partial charge in [-0.05, 0) is 54.8 Å². The Bertz CT molecular complexity index is 981. The molecule has 4 nitrogen and oxygen atoms in total. The van der Waals surface area contributed by atoms with Crippen LogP contribution in [-0.4, -0.2) is 21.1 Å². The number of rotatable bonds is 7. The van der Waals surface area contributed by atoms with E-state index < -0.39 is 0 Å². The number of benzene rings is 1. The fourth-order valence-electron chi connectivity index (χ4n) is 3.13. The molecule has 0 aliphatic rings. The SMILES string of the molecule is CC.CCC(C)(C)c1nc(C(C)C)c(Sc2cc(Cl)cc(Cl)c2)n1Cc1ccncc1.CCN. The third-order valence-electron chi connectivity index (χ3n) is 5.12. The molecule has 3 aromatic rings. The minimum absolute atomic E-state index is 0.0402. The number of hydrogen-bond acceptors (Lipinski definition) is 4. The van der Waals surface area contributed by atoms with Crippen LogP contribution in [0.5, 0.6) is 0 Å². The number of pyridine rings is 1. The third-order valence-corrected chi connectivity index (χ3v) is 6.65. The first-order valence-electron chi connectivity index (χ1n) is 12.0. The summed E-state index contributed by atoms with van der Waals surface area (Å²) in [7, 11) is 0. The number of halogens is 2. The lowest BCUT2D eigenvalue weighted by Gasteiger charge is -2.24. The Morgan fingerprint density at radius 2 is 1.56 bits per heavy atom. The van der Waals surface area contributed by atoms with Crippen molar-refractivity contribution in [1.29, 1.82) is 0 Å². The molecule has 188 valence electrons. The minimum atomic E-state index is -0.0402. The summed E-state index contributed by atoms with van der Waals surface area (Å²) in [5, 5.41) is 2.42. The summed E-state index contributed by atoms with van der Waals surface area (Å²) in [5.74, 6) is 1.41. The Labute approximate surface area is 220 Å². The average Bonchev–Trinajstić information content (AvgIpc) is 3.14. The first kappa shape index (κ1) is 30.5. The molecule has 34 heavy (non-hydrogen) atoms. The molecule has 0 fully saturated rings. The second kappa shape index (κ2) is 14.8. The molecule has 2 heterocycles. The van der Waals surface area contributed by atoms with E-state index in [0.717, 1.165) is 41.0 Å². The van der Waals surface area contributed by atoms with Gasteiger partial charge in [0.15, 0.2) is 0 Å². The van der Waals surface area contributed by atoms with Gasteiger partial charge in [0.05, 0.1) is 5.69 Å². The van der Waals surface area contributed by atoms with E-state index in [9.17, 15) is 0 Å². The van der Waals surface area contributed by atoms with E-state index in [2.05, 4.69) is 56.3 Å². The summed E-state index contributed by atoms with van der Waals surface area (Å²) in [4.78, 5) is 10.3. The van der Waals surface area contributed by atoms with E-state index in [4.69, 9.17) is 33.9 Å². The van der Waals surface area contributed by atoms with Crippen molar-refractivity contribution in [3.63, 3.8) is 0 Å². The van der Waals surface area contributed by atoms with Crippen molar-refractivity contribution in [2.45, 2.75) is 89.6 Å². The lowest BCUT2D eigenvalue weighted by Crippen LogP contribution is -2.22. The predicted molar refractivity (Wildman–Crippen MR) is 150 cm³/mol. The summed E-state index contributed by atoms with van der Waals surface area (Å²) in [5.41, 5.74) is 7.12. The zero-order chi connectivity index (χ0) is 25.9. The lowest BCUT2D eigenvalue weighted by molar-refractivity contribution is 0.443. The zero-order valence-electron chi connectivity index (χ0n) is 21.8. The Hall–Kier alpha value is -1.53. The van der Waals surface area contributed by atoms with Crippen LogP contribution in [0.1, 0.15) is 84.8 Å². The van der Waals surface area contributed by atoms with Crippen molar-refractivity contribution in [3.05, 3.63) is 69.9 Å². The maximum atomic E-state index is 6.26. The largest absolute Gasteiger partial charge is 0.331 e. The minimum Gasteiger partial charge on any atom is -0.331 e. The van der Waals surface area contributed by atoms with Gasteiger partial charge in [0.25, 0.3) is 0 Å². The molecule has 0 radical (unpaired) electrons. The van der Waals surface area contributed by atoms with E-state index in [1.165, 1.54) is 5.56 Å². The van der Waals surface area contributed by atoms with Gasteiger partial charge in [0, 0.05) is 39.3 Å². The fourth-order valence-corrected chi connectivity index (χ4v) is 5.03. The highest BCUT2D eigenvalue weighted by Gasteiger charge is 2.30. The highest BCUT2D eigenvalue weighted by atomic mass is 35.5. The predicted octanol–water partition coefficient (Wildman–Crippen LogP) is 8.59. The van der Waals surface area contributed by atoms with Gasteiger partial charge in [0.1, 0.15) is 10.9 Å². The van der Waals surface area contributed by atoms with Gasteiger partial charge in [0.2, 0.25) is 0 Å². The van der Waals surface area contributed by atoms with Crippen molar-refractivity contribution >= 4 is 35.0 Å². The summed E-state index contributed by atoms with van der Waals surface area (Å²) in [6, 6.07) is 9.79. The van der Waals surface area contributed by atoms with Crippen molar-refractivity contribution < 1.29 is 0 Å². The summed E-state index contributed by atoms with van der Waals surface area (Å²) >= 11 is 14.2. The molecule has 0 unspecified atom stereocenters. The van der Waals surface area contributed by atoms with Crippen LogP contribution >= 0.6 is 35.0 Å². The molecule has 2 aromatic heterocycles. The summed E-state index contributed by atoms with van der Waals surface area (Å²) in [6.07, 6.45) is 4.68. The number of hydrogen-bond donors (Lipinski definition) is 1. The summed E-state index contributed by atoms with van der Waals surface area (Å²) in [6.45, 7) is 18.5. The molecule has 7 heteroatoms. The first-order chi connectivity index (χ1) is 16.1. The third kappa shape index (κ3) is 8.60. The van der Waals surface area contributed by atoms with E-state index in [0.29, 0.717) is 16.0 Å². The van der Waals surface area contributed by atoms with Crippen LogP contribution in [-0.2, 0) is 12.0 Å². The second-order valence-corrected chi connectivity index (χ2v) is 10.5. The van der Waals surface area contributed by atoms with Crippen molar-refractivity contribution in [1.82, 2.24) is 14.5 Å². The van der Waals surface area contributed by atoms with Crippen LogP contribution in [0, 0.1) is 0 Å². The van der Waals surface area contributed by atoms with E-state index >= 15 is 0 Å². The lowest BCUT2D eigenvalue weighted by atomic mass is 9.89. The van der Waals surface area contributed by atoms with Gasteiger partial charge in [-0.25, -0.2) is 4.98 Å². The number of aromatic nitrogens is 3. The van der Waals surface area contributed by atoms with Gasteiger partial charge in [-0.1, -0.05) is 90.4 Å². The molecule has 3 rings (SSSR count). The zero-order valence-corrected chi connectivity index (χ0v) is 24.2. The average molecular weight is 524 g/mol. The van der Waals surface area contributed by atoms with E-state index in [1.54, 1.807) is 17.8 Å². The Morgan fingerprint density at radius 3 is 2.03 bits per heavy atom. The molecule has 0 amide bonds. The van der Waals surface area contributed by atoms with Crippen molar-refractivity contribution in [2.75, 3.05) is 6.54 Å². The number of nitrogens with zero attached hydrogens (tertiary/aromatic N) is 3. The molecule has 2 N–H and O–H groups in total. The van der Waals surface area contributed by atoms with Crippen LogP contribution in [0.2, 0.25) is 10.0 Å². The highest BCUT2D eigenvalue weighted by molar-refractivity contribution is 7.99. The van der Waals surface area contributed by atoms with Gasteiger partial charge >= 0.3 is 0 Å². The molecular weight excluding hydrogens is 483 g/mol. The van der Waals surface area contributed by atoms with Gasteiger partial charge in [-0.15, -0.1) is 0 Å². The van der Waals surface area contributed by atoms with Crippen molar-refractivity contribution in [3.8, 4) is 0 Å². The molecule has 0 aliphatic heterocycles. The first-order valence-corrected chi connectivity index (χ1v) is 13.5. The topological polar surface area (TPSA) is 56.7 Å². The normalized spacial score (nSPS) is 10.9. The Kier molecular flexibility index (Phi) is 13.3. The van der Waals surface area contributed by atoms with Crippen LogP contribution < -0.4 is 5.73 Å². The molecule has 0 bridgehead atoms. The smallest absolute Gasteiger partial charge is 0.115 e. The molecule has 0 aliphatic carbocycles. The van der Waals surface area contributed by atoms with Gasteiger partial charge < -0.3 is 10.3 Å². The molecule has 0 saturated heterocycles. The standard InChI is InChI=1S/C23H27Cl2N3S.C2H7N.C2H6/c1-6-23(4,5)22-27-20(15(2)3)21(28(22)14-16-7-9-26-10-8-16)29-19-12-17(24)11-18(25)13-19;1-2-3;1-2/h7-13,15H,6,14H2,1-5H3;2-3H2,1H3;1-2H3. The van der Waals surface area contributed by atoms with E-state index in [-0.39, 0.29) is 5.41 Å². The van der Waals surface area contributed by atoms with Crippen LogP contribution in [0.3, 0.4) is 0 Å². The monoisotopic (exact) mass is 522 g/mol. The molecule has 0 saturated carbocycles. The second-order valence-electron chi connectivity index (χ2n) is 8.58. The number of nitrogens with two attached hydrogens (primary N) is 1. The molecule has 0 spiro atoms. The molecule has 0 atom stereocenters. The quantitative estimate of drug-likeness (QED) is 0.337. The molecule has 1 aromatic carbocycles. The molecular formula is C27H40Cl2N4S. The summed E-state index contributed by atoms with van der Waals surface area (Å²) < 4.78 is 2.35. The Balaban J connectivity index is 0.00000107. The fraction of sp³-hybridized carbons (Fsp3) is 0.481. The maximum Gasteiger partial charge on any atom is 0.115 e. The van der Waals surface area contributed by atoms with E-state index in [1.807, 2.05) is 45.3 Å². The van der Waals surface area contributed by atoms with Crippen LogP contribution in [0.4, 0.5) is 0 Å². The highest BCUT2D eigenvalue weighted by Crippen LogP contribution is 2.40. The maximum absolute atomic E-state index is 6.26. The van der Waals surface area contributed by atoms with Gasteiger partial charge in [-0.3, -0.25) is 4.98 Å². The number of imidazole rings is 1. The van der Waals surface area contributed by atoms with Crippen molar-refractivity contribution in [2.24, 2.45) is 5.73 Å². The van der Waals surface area contributed by atoms with Crippen LogP contribution in [0.15, 0.2) is 52.6 Å². The van der Waals surface area contributed by atoms with Crippen LogP contribution in [0.25, 0.3) is 0 Å². The Morgan fingerprint density at radius 1 is 1.03 bits per heavy atom.